The molecule has 5 heteroatoms. The van der Waals surface area contributed by atoms with Gasteiger partial charge >= 0.3 is 0 Å². The van der Waals surface area contributed by atoms with Gasteiger partial charge in [-0.05, 0) is 18.2 Å². The van der Waals surface area contributed by atoms with Crippen molar-refractivity contribution in [3.05, 3.63) is 58.6 Å². The summed E-state index contributed by atoms with van der Waals surface area (Å²) < 4.78 is 13.0. The molecule has 2 aromatic rings. The van der Waals surface area contributed by atoms with Crippen LogP contribution in [0.25, 0.3) is 0 Å². The molecular formula is C12H10ClFN2O. The molecule has 1 aromatic carbocycles. The number of halogens is 2. The van der Waals surface area contributed by atoms with E-state index in [9.17, 15) is 9.50 Å². The fraction of sp³-hybridized carbons (Fsp3) is 0.0833. The predicted molar refractivity (Wildman–Crippen MR) is 64.1 cm³/mol. The lowest BCUT2D eigenvalue weighted by Crippen LogP contribution is -2.04. The summed E-state index contributed by atoms with van der Waals surface area (Å²) >= 11 is 5.76. The second-order valence-corrected chi connectivity index (χ2v) is 4.05. The Morgan fingerprint density at radius 3 is 2.71 bits per heavy atom. The predicted octanol–water partition coefficient (Wildman–Crippen LogP) is 2.54. The van der Waals surface area contributed by atoms with Crippen LogP contribution in [-0.2, 0) is 0 Å². The number of hydrogen-bond acceptors (Lipinski definition) is 3. The van der Waals surface area contributed by atoms with Crippen molar-refractivity contribution in [3.63, 3.8) is 0 Å². The van der Waals surface area contributed by atoms with Crippen LogP contribution in [0.3, 0.4) is 0 Å². The van der Waals surface area contributed by atoms with Crippen LogP contribution in [0.1, 0.15) is 17.2 Å². The molecule has 0 fully saturated rings. The number of pyridine rings is 1. The number of nitrogens with two attached hydrogens (primary N) is 1. The Morgan fingerprint density at radius 2 is 2.06 bits per heavy atom. The van der Waals surface area contributed by atoms with E-state index in [4.69, 9.17) is 17.3 Å². The molecule has 1 heterocycles. The average Bonchev–Trinajstić information content (AvgIpc) is 2.28. The quantitative estimate of drug-likeness (QED) is 0.808. The average molecular weight is 253 g/mol. The van der Waals surface area contributed by atoms with Crippen molar-refractivity contribution in [2.24, 2.45) is 0 Å². The summed E-state index contributed by atoms with van der Waals surface area (Å²) in [6.45, 7) is 0. The number of nitrogens with zero attached hydrogens (tertiary/aromatic N) is 1. The van der Waals surface area contributed by atoms with Gasteiger partial charge in [0.2, 0.25) is 0 Å². The molecule has 1 atom stereocenters. The number of benzene rings is 1. The largest absolute Gasteiger partial charge is 0.398 e. The normalized spacial score (nSPS) is 12.4. The van der Waals surface area contributed by atoms with Crippen LogP contribution in [0.2, 0.25) is 5.02 Å². The molecule has 0 saturated carbocycles. The summed E-state index contributed by atoms with van der Waals surface area (Å²) in [5.41, 5.74) is 6.92. The van der Waals surface area contributed by atoms with Gasteiger partial charge in [-0.2, -0.15) is 0 Å². The van der Waals surface area contributed by atoms with E-state index in [-0.39, 0.29) is 0 Å². The first kappa shape index (κ1) is 11.8. The van der Waals surface area contributed by atoms with Crippen LogP contribution in [0.15, 0.2) is 36.7 Å². The molecule has 1 aromatic heterocycles. The van der Waals surface area contributed by atoms with Crippen molar-refractivity contribution in [2.45, 2.75) is 6.10 Å². The lowest BCUT2D eigenvalue weighted by Gasteiger charge is -2.13. The van der Waals surface area contributed by atoms with Crippen LogP contribution in [0.5, 0.6) is 0 Å². The highest BCUT2D eigenvalue weighted by Crippen LogP contribution is 2.28. The number of rotatable bonds is 2. The molecule has 3 N–H and O–H groups in total. The van der Waals surface area contributed by atoms with Gasteiger partial charge in [-0.3, -0.25) is 4.98 Å². The number of aliphatic hydroxyl groups is 1. The van der Waals surface area contributed by atoms with Gasteiger partial charge in [-0.15, -0.1) is 0 Å². The number of hydrogen-bond donors (Lipinski definition) is 2. The topological polar surface area (TPSA) is 59.1 Å². The van der Waals surface area contributed by atoms with Crippen molar-refractivity contribution >= 4 is 17.3 Å². The van der Waals surface area contributed by atoms with E-state index < -0.39 is 11.9 Å². The first-order valence-electron chi connectivity index (χ1n) is 4.91. The van der Waals surface area contributed by atoms with Gasteiger partial charge in [-0.1, -0.05) is 17.7 Å². The third kappa shape index (κ3) is 2.54. The second kappa shape index (κ2) is 4.69. The minimum absolute atomic E-state index is 0.346. The van der Waals surface area contributed by atoms with Crippen LogP contribution in [0, 0.1) is 5.82 Å². The molecule has 17 heavy (non-hydrogen) atoms. The Kier molecular flexibility index (Phi) is 3.26. The minimum Gasteiger partial charge on any atom is -0.398 e. The summed E-state index contributed by atoms with van der Waals surface area (Å²) in [7, 11) is 0. The van der Waals surface area contributed by atoms with E-state index in [1.165, 1.54) is 18.3 Å². The van der Waals surface area contributed by atoms with Crippen molar-refractivity contribution < 1.29 is 9.50 Å². The first-order chi connectivity index (χ1) is 8.08. The Labute approximate surface area is 103 Å². The van der Waals surface area contributed by atoms with Crippen LogP contribution in [-0.4, -0.2) is 10.1 Å². The summed E-state index contributed by atoms with van der Waals surface area (Å²) in [4.78, 5) is 3.68. The summed E-state index contributed by atoms with van der Waals surface area (Å²) in [6, 6.07) is 5.97. The van der Waals surface area contributed by atoms with Gasteiger partial charge in [0, 0.05) is 28.0 Å². The lowest BCUT2D eigenvalue weighted by atomic mass is 10.0. The molecule has 0 aliphatic heterocycles. The number of aromatic nitrogens is 1. The van der Waals surface area contributed by atoms with Crippen LogP contribution in [0.4, 0.5) is 10.1 Å². The molecule has 0 aliphatic carbocycles. The van der Waals surface area contributed by atoms with Crippen LogP contribution >= 0.6 is 11.6 Å². The van der Waals surface area contributed by atoms with E-state index in [0.717, 1.165) is 6.20 Å². The van der Waals surface area contributed by atoms with E-state index in [1.807, 2.05) is 0 Å². The lowest BCUT2D eigenvalue weighted by molar-refractivity contribution is 0.220. The maximum absolute atomic E-state index is 13.0. The van der Waals surface area contributed by atoms with Gasteiger partial charge in [-0.25, -0.2) is 4.39 Å². The molecule has 1 unspecified atom stereocenters. The second-order valence-electron chi connectivity index (χ2n) is 3.61. The zero-order valence-corrected chi connectivity index (χ0v) is 9.53. The molecule has 88 valence electrons. The fourth-order valence-electron chi connectivity index (χ4n) is 1.55. The molecule has 2 rings (SSSR count). The van der Waals surface area contributed by atoms with Gasteiger partial charge in [0.1, 0.15) is 11.9 Å². The Bertz CT molecular complexity index is 548. The molecule has 0 spiro atoms. The Balaban J connectivity index is 2.40. The zero-order valence-electron chi connectivity index (χ0n) is 8.77. The molecule has 0 radical (unpaired) electrons. The van der Waals surface area contributed by atoms with Crippen LogP contribution < -0.4 is 5.73 Å². The van der Waals surface area contributed by atoms with E-state index in [0.29, 0.717) is 21.8 Å². The van der Waals surface area contributed by atoms with Crippen molar-refractivity contribution in [1.82, 2.24) is 4.98 Å². The van der Waals surface area contributed by atoms with Gasteiger partial charge < -0.3 is 10.8 Å². The first-order valence-corrected chi connectivity index (χ1v) is 5.29. The van der Waals surface area contributed by atoms with E-state index in [2.05, 4.69) is 4.98 Å². The maximum Gasteiger partial charge on any atom is 0.141 e. The third-order valence-corrected chi connectivity index (χ3v) is 2.62. The molecular weight excluding hydrogens is 243 g/mol. The number of nitrogen functional groups attached to an aromatic ring is 1. The third-order valence-electron chi connectivity index (χ3n) is 2.39. The van der Waals surface area contributed by atoms with Crippen molar-refractivity contribution in [1.29, 1.82) is 0 Å². The summed E-state index contributed by atoms with van der Waals surface area (Å²) in [6.07, 6.45) is 1.44. The molecule has 3 nitrogen and oxygen atoms in total. The molecule has 0 aliphatic rings. The highest BCUT2D eigenvalue weighted by molar-refractivity contribution is 6.30. The standard InChI is InChI=1S/C12H10ClFN2O/c13-8-1-2-10(11(15)4-8)12(17)7-3-9(14)6-16-5-7/h1-6,12,17H,15H2. The Morgan fingerprint density at radius 1 is 1.29 bits per heavy atom. The summed E-state index contributed by atoms with van der Waals surface area (Å²) in [5.74, 6) is -0.505. The molecule has 0 bridgehead atoms. The SMILES string of the molecule is Nc1cc(Cl)ccc1C(O)c1cncc(F)c1. The highest BCUT2D eigenvalue weighted by atomic mass is 35.5. The van der Waals surface area contributed by atoms with Gasteiger partial charge in [0.05, 0.1) is 6.20 Å². The highest BCUT2D eigenvalue weighted by Gasteiger charge is 2.14. The van der Waals surface area contributed by atoms with Gasteiger partial charge in [0.25, 0.3) is 0 Å². The Hall–Kier alpha value is -1.65. The van der Waals surface area contributed by atoms with E-state index >= 15 is 0 Å². The number of aliphatic hydroxyl groups excluding tert-OH is 1. The smallest absolute Gasteiger partial charge is 0.141 e. The molecule has 0 saturated heterocycles. The maximum atomic E-state index is 13.0. The fourth-order valence-corrected chi connectivity index (χ4v) is 1.73. The molecule has 0 amide bonds. The monoisotopic (exact) mass is 252 g/mol. The number of anilines is 1. The van der Waals surface area contributed by atoms with Gasteiger partial charge in [0.15, 0.2) is 0 Å². The van der Waals surface area contributed by atoms with Crippen molar-refractivity contribution in [3.8, 4) is 0 Å². The van der Waals surface area contributed by atoms with Crippen molar-refractivity contribution in [2.75, 3.05) is 5.73 Å². The minimum atomic E-state index is -1.02. The summed E-state index contributed by atoms with van der Waals surface area (Å²) in [5, 5.41) is 10.5. The zero-order chi connectivity index (χ0) is 12.4. The van der Waals surface area contributed by atoms with E-state index in [1.54, 1.807) is 12.1 Å².